The first-order valence-corrected chi connectivity index (χ1v) is 7.05. The highest BCUT2D eigenvalue weighted by Crippen LogP contribution is 2.29. The third-order valence-electron chi connectivity index (χ3n) is 3.55. The molecule has 0 spiro atoms. The van der Waals surface area contributed by atoms with E-state index in [2.05, 4.69) is 40.4 Å². The van der Waals surface area contributed by atoms with Crippen LogP contribution in [0.2, 0.25) is 0 Å². The molecule has 0 aliphatic carbocycles. The molecule has 0 amide bonds. The van der Waals surface area contributed by atoms with Gasteiger partial charge in [-0.2, -0.15) is 0 Å². The molecule has 0 saturated carbocycles. The largest absolute Gasteiger partial charge is 0.493 e. The van der Waals surface area contributed by atoms with Gasteiger partial charge in [-0.1, -0.05) is 19.1 Å². The van der Waals surface area contributed by atoms with Crippen molar-refractivity contribution in [3.05, 3.63) is 53.1 Å². The molecule has 1 atom stereocenters. The maximum atomic E-state index is 5.57. The van der Waals surface area contributed by atoms with Gasteiger partial charge in [-0.25, -0.2) is 0 Å². The molecule has 104 valence electrons. The van der Waals surface area contributed by atoms with Crippen molar-refractivity contribution in [1.29, 1.82) is 0 Å². The molecule has 1 N–H and O–H groups in total. The Labute approximate surface area is 119 Å². The van der Waals surface area contributed by atoms with Crippen LogP contribution in [-0.4, -0.2) is 23.1 Å². The number of hydrogen-bond acceptors (Lipinski definition) is 4. The zero-order chi connectivity index (χ0) is 13.9. The fourth-order valence-corrected chi connectivity index (χ4v) is 2.54. The summed E-state index contributed by atoms with van der Waals surface area (Å²) in [6.07, 6.45) is 4.66. The van der Waals surface area contributed by atoms with Gasteiger partial charge < -0.3 is 10.1 Å². The van der Waals surface area contributed by atoms with Gasteiger partial charge >= 0.3 is 0 Å². The Bertz CT molecular complexity index is 595. The third kappa shape index (κ3) is 2.51. The van der Waals surface area contributed by atoms with E-state index in [1.807, 2.05) is 19.3 Å². The van der Waals surface area contributed by atoms with Crippen LogP contribution in [0.4, 0.5) is 0 Å². The van der Waals surface area contributed by atoms with Gasteiger partial charge in [0.25, 0.3) is 0 Å². The molecule has 0 radical (unpaired) electrons. The molecule has 1 unspecified atom stereocenters. The average Bonchev–Trinajstić information content (AvgIpc) is 2.93. The Morgan fingerprint density at radius 2 is 2.20 bits per heavy atom. The summed E-state index contributed by atoms with van der Waals surface area (Å²) >= 11 is 0. The Morgan fingerprint density at radius 3 is 2.95 bits per heavy atom. The van der Waals surface area contributed by atoms with Gasteiger partial charge in [-0.3, -0.25) is 9.97 Å². The van der Waals surface area contributed by atoms with Crippen LogP contribution >= 0.6 is 0 Å². The SMILES string of the molecule is CCNC(c1ccc2c(c1)CCO2)c1cnc(C)cn1. The summed E-state index contributed by atoms with van der Waals surface area (Å²) in [6, 6.07) is 6.47. The molecule has 0 saturated heterocycles. The fraction of sp³-hybridized carbons (Fsp3) is 0.375. The van der Waals surface area contributed by atoms with Crippen LogP contribution in [0.25, 0.3) is 0 Å². The maximum absolute atomic E-state index is 5.57. The molecule has 0 fully saturated rings. The molecule has 3 rings (SSSR count). The monoisotopic (exact) mass is 269 g/mol. The quantitative estimate of drug-likeness (QED) is 0.926. The van der Waals surface area contributed by atoms with Crippen molar-refractivity contribution in [2.45, 2.75) is 26.3 Å². The number of hydrogen-bond donors (Lipinski definition) is 1. The lowest BCUT2D eigenvalue weighted by atomic mass is 10.0. The molecule has 0 bridgehead atoms. The second-order valence-corrected chi connectivity index (χ2v) is 5.04. The van der Waals surface area contributed by atoms with E-state index in [1.54, 1.807) is 0 Å². The van der Waals surface area contributed by atoms with Crippen LogP contribution in [0.15, 0.2) is 30.6 Å². The minimum Gasteiger partial charge on any atom is -0.493 e. The van der Waals surface area contributed by atoms with Crippen molar-refractivity contribution in [3.63, 3.8) is 0 Å². The van der Waals surface area contributed by atoms with Crippen molar-refractivity contribution in [1.82, 2.24) is 15.3 Å². The maximum Gasteiger partial charge on any atom is 0.122 e. The van der Waals surface area contributed by atoms with Gasteiger partial charge in [-0.15, -0.1) is 0 Å². The topological polar surface area (TPSA) is 47.0 Å². The Morgan fingerprint density at radius 1 is 1.30 bits per heavy atom. The van der Waals surface area contributed by atoms with Gasteiger partial charge in [0, 0.05) is 12.6 Å². The summed E-state index contributed by atoms with van der Waals surface area (Å²) in [5.74, 6) is 1.01. The molecule has 1 aliphatic rings. The lowest BCUT2D eigenvalue weighted by Gasteiger charge is -2.18. The molecule has 1 aromatic carbocycles. The highest BCUT2D eigenvalue weighted by Gasteiger charge is 2.18. The average molecular weight is 269 g/mol. The summed E-state index contributed by atoms with van der Waals surface area (Å²) < 4.78 is 5.57. The Balaban J connectivity index is 1.95. The van der Waals surface area contributed by atoms with E-state index in [9.17, 15) is 0 Å². The van der Waals surface area contributed by atoms with Crippen molar-refractivity contribution in [2.24, 2.45) is 0 Å². The van der Waals surface area contributed by atoms with E-state index < -0.39 is 0 Å². The van der Waals surface area contributed by atoms with Crippen LogP contribution in [0, 0.1) is 6.92 Å². The molecule has 4 nitrogen and oxygen atoms in total. The minimum atomic E-state index is 0.0824. The predicted octanol–water partition coefficient (Wildman–Crippen LogP) is 2.42. The van der Waals surface area contributed by atoms with E-state index in [4.69, 9.17) is 4.74 Å². The van der Waals surface area contributed by atoms with E-state index in [-0.39, 0.29) is 6.04 Å². The zero-order valence-electron chi connectivity index (χ0n) is 11.9. The number of rotatable bonds is 4. The van der Waals surface area contributed by atoms with Crippen molar-refractivity contribution < 1.29 is 4.74 Å². The number of aryl methyl sites for hydroxylation is 1. The summed E-state index contributed by atoms with van der Waals surface area (Å²) in [5, 5.41) is 3.48. The first-order valence-electron chi connectivity index (χ1n) is 7.05. The number of ether oxygens (including phenoxy) is 1. The van der Waals surface area contributed by atoms with Gasteiger partial charge in [0.05, 0.1) is 30.2 Å². The number of benzene rings is 1. The first-order chi connectivity index (χ1) is 9.78. The number of fused-ring (bicyclic) bond motifs is 1. The van der Waals surface area contributed by atoms with E-state index in [1.165, 1.54) is 11.1 Å². The van der Waals surface area contributed by atoms with Crippen LogP contribution in [0.3, 0.4) is 0 Å². The normalized spacial score (nSPS) is 14.7. The van der Waals surface area contributed by atoms with Gasteiger partial charge in [0.2, 0.25) is 0 Å². The molecule has 1 aromatic heterocycles. The summed E-state index contributed by atoms with van der Waals surface area (Å²) in [7, 11) is 0. The number of nitrogens with zero attached hydrogens (tertiary/aromatic N) is 2. The number of aromatic nitrogens is 2. The summed E-state index contributed by atoms with van der Waals surface area (Å²) in [4.78, 5) is 8.86. The van der Waals surface area contributed by atoms with Gasteiger partial charge in [0.15, 0.2) is 0 Å². The van der Waals surface area contributed by atoms with E-state index in [0.717, 1.165) is 36.7 Å². The molecule has 2 aromatic rings. The molecule has 2 heterocycles. The predicted molar refractivity (Wildman–Crippen MR) is 77.9 cm³/mol. The lowest BCUT2D eigenvalue weighted by Crippen LogP contribution is -2.23. The van der Waals surface area contributed by atoms with Crippen LogP contribution in [0.5, 0.6) is 5.75 Å². The molecule has 1 aliphatic heterocycles. The van der Waals surface area contributed by atoms with Crippen LogP contribution in [0.1, 0.15) is 35.5 Å². The Kier molecular flexibility index (Phi) is 3.65. The minimum absolute atomic E-state index is 0.0824. The van der Waals surface area contributed by atoms with Crippen molar-refractivity contribution >= 4 is 0 Å². The lowest BCUT2D eigenvalue weighted by molar-refractivity contribution is 0.357. The van der Waals surface area contributed by atoms with Gasteiger partial charge in [0.1, 0.15) is 5.75 Å². The van der Waals surface area contributed by atoms with Crippen LogP contribution in [-0.2, 0) is 6.42 Å². The molecule has 4 heteroatoms. The standard InChI is InChI=1S/C16H19N3O/c1-3-17-16(14-10-18-11(2)9-19-14)13-4-5-15-12(8-13)6-7-20-15/h4-5,8-10,16-17H,3,6-7H2,1-2H3. The smallest absolute Gasteiger partial charge is 0.122 e. The number of nitrogens with one attached hydrogen (secondary N) is 1. The first kappa shape index (κ1) is 13.1. The highest BCUT2D eigenvalue weighted by molar-refractivity contribution is 5.42. The van der Waals surface area contributed by atoms with Gasteiger partial charge in [-0.05, 0) is 30.7 Å². The second-order valence-electron chi connectivity index (χ2n) is 5.04. The molecular weight excluding hydrogens is 250 g/mol. The van der Waals surface area contributed by atoms with Crippen LogP contribution < -0.4 is 10.1 Å². The Hall–Kier alpha value is -1.94. The fourth-order valence-electron chi connectivity index (χ4n) is 2.54. The van der Waals surface area contributed by atoms with E-state index in [0.29, 0.717) is 0 Å². The second kappa shape index (κ2) is 5.59. The molecular formula is C16H19N3O. The zero-order valence-corrected chi connectivity index (χ0v) is 11.9. The summed E-state index contributed by atoms with van der Waals surface area (Å²) in [5.41, 5.74) is 4.39. The third-order valence-corrected chi connectivity index (χ3v) is 3.55. The summed E-state index contributed by atoms with van der Waals surface area (Å²) in [6.45, 7) is 5.72. The van der Waals surface area contributed by atoms with E-state index >= 15 is 0 Å². The molecule has 20 heavy (non-hydrogen) atoms. The van der Waals surface area contributed by atoms with Crippen molar-refractivity contribution in [2.75, 3.05) is 13.2 Å². The van der Waals surface area contributed by atoms with Crippen molar-refractivity contribution in [3.8, 4) is 5.75 Å². The highest BCUT2D eigenvalue weighted by atomic mass is 16.5.